The Morgan fingerprint density at radius 2 is 1.69 bits per heavy atom. The average molecular weight is 435 g/mol. The predicted octanol–water partition coefficient (Wildman–Crippen LogP) is 1.75. The number of rotatable bonds is 8. The molecule has 0 fully saturated rings. The van der Waals surface area contributed by atoms with E-state index in [4.69, 9.17) is 5.11 Å². The second kappa shape index (κ2) is 10.1. The van der Waals surface area contributed by atoms with Crippen LogP contribution in [-0.4, -0.2) is 38.8 Å². The lowest BCUT2D eigenvalue weighted by atomic mass is 10.0. The number of aromatic amines is 1. The van der Waals surface area contributed by atoms with Gasteiger partial charge < -0.3 is 10.4 Å². The fourth-order valence-electron chi connectivity index (χ4n) is 2.98. The zero-order valence-electron chi connectivity index (χ0n) is 17.2. The lowest BCUT2D eigenvalue weighted by Crippen LogP contribution is -2.40. The second-order valence-electron chi connectivity index (χ2n) is 6.97. The predicted molar refractivity (Wildman–Crippen MR) is 117 cm³/mol. The zero-order chi connectivity index (χ0) is 23.1. The Hall–Kier alpha value is -4.34. The third kappa shape index (κ3) is 5.42. The van der Waals surface area contributed by atoms with Crippen molar-refractivity contribution in [1.29, 1.82) is 0 Å². The second-order valence-corrected chi connectivity index (χ2v) is 6.97. The van der Waals surface area contributed by atoms with Crippen molar-refractivity contribution >= 4 is 34.3 Å². The van der Waals surface area contributed by atoms with Gasteiger partial charge in [-0.05, 0) is 31.5 Å². The van der Waals surface area contributed by atoms with E-state index < -0.39 is 29.4 Å². The maximum absolute atomic E-state index is 13.0. The van der Waals surface area contributed by atoms with Gasteiger partial charge in [0.1, 0.15) is 5.69 Å². The van der Waals surface area contributed by atoms with E-state index in [1.807, 2.05) is 0 Å². The quantitative estimate of drug-likeness (QED) is 0.312. The van der Waals surface area contributed by atoms with Gasteiger partial charge in [0.15, 0.2) is 6.04 Å². The van der Waals surface area contributed by atoms with E-state index >= 15 is 0 Å². The van der Waals surface area contributed by atoms with Crippen molar-refractivity contribution in [1.82, 2.24) is 20.9 Å². The number of nitrogens with one attached hydrogen (secondary N) is 3. The lowest BCUT2D eigenvalue weighted by molar-refractivity contribution is -0.136. The van der Waals surface area contributed by atoms with Crippen molar-refractivity contribution in [3.05, 3.63) is 76.2 Å². The van der Waals surface area contributed by atoms with Crippen LogP contribution in [0, 0.1) is 0 Å². The van der Waals surface area contributed by atoms with Crippen LogP contribution in [0.1, 0.15) is 41.9 Å². The number of amides is 2. The Bertz CT molecular complexity index is 1240. The van der Waals surface area contributed by atoms with Crippen LogP contribution in [0.4, 0.5) is 0 Å². The van der Waals surface area contributed by atoms with Crippen molar-refractivity contribution in [3.8, 4) is 0 Å². The molecule has 1 unspecified atom stereocenters. The monoisotopic (exact) mass is 435 g/mol. The average Bonchev–Trinajstić information content (AvgIpc) is 2.81. The summed E-state index contributed by atoms with van der Waals surface area (Å²) < 4.78 is 0. The molecule has 1 heterocycles. The molecule has 2 aromatic carbocycles. The smallest absolute Gasteiger partial charge is 0.303 e. The number of nitrogens with zero attached hydrogens (tertiary/aromatic N) is 2. The van der Waals surface area contributed by atoms with Crippen LogP contribution in [0.15, 0.2) is 64.5 Å². The Kier molecular flexibility index (Phi) is 7.06. The van der Waals surface area contributed by atoms with Gasteiger partial charge in [0, 0.05) is 16.7 Å². The number of carbonyl (C=O) groups is 3. The fourth-order valence-corrected chi connectivity index (χ4v) is 2.98. The molecule has 1 aromatic heterocycles. The van der Waals surface area contributed by atoms with Crippen LogP contribution >= 0.6 is 0 Å². The Morgan fingerprint density at radius 1 is 1.03 bits per heavy atom. The Balaban J connectivity index is 1.95. The van der Waals surface area contributed by atoms with E-state index in [1.165, 1.54) is 0 Å². The molecule has 10 heteroatoms. The number of hydrogen-bond donors (Lipinski definition) is 4. The van der Waals surface area contributed by atoms with Crippen LogP contribution in [-0.2, 0) is 9.59 Å². The van der Waals surface area contributed by atoms with E-state index in [0.29, 0.717) is 22.0 Å². The van der Waals surface area contributed by atoms with Gasteiger partial charge in [0.2, 0.25) is 0 Å². The molecule has 2 amide bonds. The van der Waals surface area contributed by atoms with Crippen molar-refractivity contribution in [2.75, 3.05) is 0 Å². The number of carbonyl (C=O) groups excluding carboxylic acids is 2. The summed E-state index contributed by atoms with van der Waals surface area (Å²) in [5.74, 6) is -2.20. The summed E-state index contributed by atoms with van der Waals surface area (Å²) in [6.07, 6.45) is 0.0159. The molecule has 3 aromatic rings. The summed E-state index contributed by atoms with van der Waals surface area (Å²) in [5.41, 5.74) is 2.79. The highest BCUT2D eigenvalue weighted by atomic mass is 16.4. The van der Waals surface area contributed by atoms with Gasteiger partial charge in [-0.15, -0.1) is 0 Å². The van der Waals surface area contributed by atoms with Crippen molar-refractivity contribution in [2.24, 2.45) is 5.10 Å². The molecule has 32 heavy (non-hydrogen) atoms. The van der Waals surface area contributed by atoms with Crippen molar-refractivity contribution in [2.45, 2.75) is 25.8 Å². The highest BCUT2D eigenvalue weighted by Crippen LogP contribution is 2.20. The highest BCUT2D eigenvalue weighted by Gasteiger charge is 2.27. The number of hydrazone groups is 1. The molecule has 0 saturated carbocycles. The number of benzene rings is 2. The van der Waals surface area contributed by atoms with E-state index in [2.05, 4.69) is 26.0 Å². The molecule has 10 nitrogen and oxygen atoms in total. The molecule has 0 bridgehead atoms. The number of hydrogen-bond acceptors (Lipinski definition) is 6. The summed E-state index contributed by atoms with van der Waals surface area (Å²) in [7, 11) is 0. The summed E-state index contributed by atoms with van der Waals surface area (Å²) in [4.78, 5) is 48.6. The minimum atomic E-state index is -1.28. The van der Waals surface area contributed by atoms with E-state index in [-0.39, 0.29) is 18.5 Å². The third-order valence-electron chi connectivity index (χ3n) is 4.63. The van der Waals surface area contributed by atoms with Crippen molar-refractivity contribution < 1.29 is 19.5 Å². The molecule has 0 spiro atoms. The van der Waals surface area contributed by atoms with Crippen LogP contribution in [0.25, 0.3) is 10.8 Å². The number of H-pyrrole nitrogens is 1. The standard InChI is InChI=1S/C22H21N5O5/c1-13(11-12-17(28)29)24-27-22(32)19(23-20(30)14-7-3-2-4-8-14)18-15-9-5-6-10-16(15)21(31)26-25-18/h2-10,19H,11-12H2,1H3,(H,23,30)(H,26,31)(H,27,32)(H,28,29). The highest BCUT2D eigenvalue weighted by molar-refractivity contribution is 5.99. The van der Waals surface area contributed by atoms with Gasteiger partial charge in [-0.3, -0.25) is 19.2 Å². The third-order valence-corrected chi connectivity index (χ3v) is 4.63. The first-order valence-electron chi connectivity index (χ1n) is 9.75. The number of aromatic nitrogens is 2. The molecular weight excluding hydrogens is 414 g/mol. The van der Waals surface area contributed by atoms with E-state index in [0.717, 1.165) is 0 Å². The molecule has 1 atom stereocenters. The molecule has 0 radical (unpaired) electrons. The maximum Gasteiger partial charge on any atom is 0.303 e. The number of carboxylic acid groups (broad SMARTS) is 1. The Labute approximate surface area is 182 Å². The lowest BCUT2D eigenvalue weighted by Gasteiger charge is -2.18. The summed E-state index contributed by atoms with van der Waals surface area (Å²) in [6, 6.07) is 13.6. The molecule has 164 valence electrons. The van der Waals surface area contributed by atoms with Gasteiger partial charge in [-0.25, -0.2) is 10.5 Å². The molecule has 0 aliphatic carbocycles. The van der Waals surface area contributed by atoms with Crippen LogP contribution in [0.3, 0.4) is 0 Å². The molecule has 4 N–H and O–H groups in total. The maximum atomic E-state index is 13.0. The van der Waals surface area contributed by atoms with Gasteiger partial charge >= 0.3 is 5.97 Å². The van der Waals surface area contributed by atoms with Crippen LogP contribution in [0.5, 0.6) is 0 Å². The zero-order valence-corrected chi connectivity index (χ0v) is 17.2. The summed E-state index contributed by atoms with van der Waals surface area (Å²) in [5, 5.41) is 22.4. The van der Waals surface area contributed by atoms with Crippen molar-refractivity contribution in [3.63, 3.8) is 0 Å². The van der Waals surface area contributed by atoms with Gasteiger partial charge in [0.25, 0.3) is 17.4 Å². The molecule has 0 aliphatic rings. The first-order valence-corrected chi connectivity index (χ1v) is 9.75. The van der Waals surface area contributed by atoms with Gasteiger partial charge in [-0.2, -0.15) is 10.2 Å². The molecule has 0 aliphatic heterocycles. The first kappa shape index (κ1) is 22.3. The minimum Gasteiger partial charge on any atom is -0.481 e. The topological polar surface area (TPSA) is 154 Å². The SMILES string of the molecule is CC(CCC(=O)O)=NNC(=O)C(NC(=O)c1ccccc1)c1n[nH]c(=O)c2ccccc12. The number of carboxylic acids is 1. The van der Waals surface area contributed by atoms with E-state index in [1.54, 1.807) is 61.5 Å². The van der Waals surface area contributed by atoms with Crippen LogP contribution in [0.2, 0.25) is 0 Å². The Morgan fingerprint density at radius 3 is 2.38 bits per heavy atom. The summed E-state index contributed by atoms with van der Waals surface area (Å²) >= 11 is 0. The molecule has 3 rings (SSSR count). The minimum absolute atomic E-state index is 0.133. The first-order chi connectivity index (χ1) is 15.4. The van der Waals surface area contributed by atoms with Gasteiger partial charge in [0.05, 0.1) is 11.8 Å². The normalized spacial score (nSPS) is 12.2. The van der Waals surface area contributed by atoms with Crippen LogP contribution < -0.4 is 16.3 Å². The number of aliphatic carboxylic acids is 1. The number of fused-ring (bicyclic) bond motifs is 1. The summed E-state index contributed by atoms with van der Waals surface area (Å²) in [6.45, 7) is 1.58. The van der Waals surface area contributed by atoms with E-state index in [9.17, 15) is 19.2 Å². The largest absolute Gasteiger partial charge is 0.481 e. The fraction of sp³-hybridized carbons (Fsp3) is 0.182. The van der Waals surface area contributed by atoms with Gasteiger partial charge in [-0.1, -0.05) is 36.4 Å². The molecule has 0 saturated heterocycles. The molecular formula is C22H21N5O5.